The monoisotopic (exact) mass is 457 g/mol. The van der Waals surface area contributed by atoms with Gasteiger partial charge in [-0.15, -0.1) is 0 Å². The van der Waals surface area contributed by atoms with Crippen LogP contribution in [0.25, 0.3) is 0 Å². The van der Waals surface area contributed by atoms with Gasteiger partial charge in [0.05, 0.1) is 32.9 Å². The van der Waals surface area contributed by atoms with Gasteiger partial charge in [0.25, 0.3) is 0 Å². The van der Waals surface area contributed by atoms with Crippen LogP contribution in [-0.2, 0) is 0 Å². The molecule has 0 aromatic carbocycles. The molecule has 5 heteroatoms. The Kier molecular flexibility index (Phi) is 18.8. The first-order valence-corrected chi connectivity index (χ1v) is 14.1. The summed E-state index contributed by atoms with van der Waals surface area (Å²) in [5.41, 5.74) is 0. The van der Waals surface area contributed by atoms with Crippen molar-refractivity contribution < 1.29 is 19.8 Å². The molecule has 32 heavy (non-hydrogen) atoms. The summed E-state index contributed by atoms with van der Waals surface area (Å²) in [5, 5.41) is 28.0. The Hall–Kier alpha value is -0.200. The van der Waals surface area contributed by atoms with Crippen LogP contribution in [0.3, 0.4) is 0 Å². The first-order chi connectivity index (χ1) is 15.7. The van der Waals surface area contributed by atoms with Crippen molar-refractivity contribution in [1.82, 2.24) is 4.90 Å². The van der Waals surface area contributed by atoms with Gasteiger partial charge >= 0.3 is 0 Å². The number of hydrogen-bond donors (Lipinski definition) is 3. The zero-order valence-electron chi connectivity index (χ0n) is 21.5. The van der Waals surface area contributed by atoms with Crippen LogP contribution in [0.2, 0.25) is 0 Å². The summed E-state index contributed by atoms with van der Waals surface area (Å²) < 4.78 is 1.04. The predicted octanol–water partition coefficient (Wildman–Crippen LogP) is 4.73. The van der Waals surface area contributed by atoms with Gasteiger partial charge in [-0.25, -0.2) is 0 Å². The fourth-order valence-electron chi connectivity index (χ4n) is 5.31. The third kappa shape index (κ3) is 14.1. The number of quaternary nitrogens is 1. The predicted molar refractivity (Wildman–Crippen MR) is 136 cm³/mol. The van der Waals surface area contributed by atoms with Gasteiger partial charge in [-0.05, 0) is 12.8 Å². The maximum absolute atomic E-state index is 9.53. The third-order valence-corrected chi connectivity index (χ3v) is 7.52. The van der Waals surface area contributed by atoms with E-state index < -0.39 is 0 Å². The van der Waals surface area contributed by atoms with Gasteiger partial charge in [-0.2, -0.15) is 0 Å². The Bertz CT molecular complexity index is 404. The molecule has 0 aromatic heterocycles. The SMILES string of the molecule is CCCCCCCCCCCCCCCCCC[N+]1(CCO)CC1CN(CCO)CCO. The van der Waals surface area contributed by atoms with Gasteiger partial charge in [-0.1, -0.05) is 96.8 Å². The van der Waals surface area contributed by atoms with E-state index in [4.69, 9.17) is 0 Å². The molecular weight excluding hydrogens is 400 g/mol. The third-order valence-electron chi connectivity index (χ3n) is 7.52. The van der Waals surface area contributed by atoms with Gasteiger partial charge in [0.1, 0.15) is 13.1 Å². The van der Waals surface area contributed by atoms with E-state index in [1.54, 1.807) is 0 Å². The average molecular weight is 458 g/mol. The second-order valence-electron chi connectivity index (χ2n) is 10.3. The van der Waals surface area contributed by atoms with E-state index >= 15 is 0 Å². The lowest BCUT2D eigenvalue weighted by atomic mass is 10.0. The zero-order valence-corrected chi connectivity index (χ0v) is 21.5. The van der Waals surface area contributed by atoms with Crippen LogP contribution in [0.15, 0.2) is 0 Å². The molecule has 1 heterocycles. The molecule has 0 aromatic rings. The second-order valence-corrected chi connectivity index (χ2v) is 10.3. The fourth-order valence-corrected chi connectivity index (χ4v) is 5.31. The van der Waals surface area contributed by atoms with Crippen LogP contribution in [0, 0.1) is 0 Å². The molecule has 0 amide bonds. The molecular formula is C27H57N2O3+. The lowest BCUT2D eigenvalue weighted by molar-refractivity contribution is -0.814. The van der Waals surface area contributed by atoms with Gasteiger partial charge in [0.15, 0.2) is 6.04 Å². The van der Waals surface area contributed by atoms with Crippen LogP contribution in [0.4, 0.5) is 0 Å². The summed E-state index contributed by atoms with van der Waals surface area (Å²) in [4.78, 5) is 2.16. The van der Waals surface area contributed by atoms with Crippen molar-refractivity contribution >= 4 is 0 Å². The molecule has 1 aliphatic rings. The molecule has 1 saturated heterocycles. The zero-order chi connectivity index (χ0) is 23.3. The van der Waals surface area contributed by atoms with E-state index in [1.165, 1.54) is 109 Å². The minimum absolute atomic E-state index is 0.145. The standard InChI is InChI=1S/C27H57N2O3/c1-2-3-4-5-6-7-8-9-10-11-12-13-14-15-16-17-20-29(21-24-32)26-27(29)25-28(18-22-30)19-23-31/h27,30-32H,2-26H2,1H3/q+1. The highest BCUT2D eigenvalue weighted by atomic mass is 16.3. The number of unbranched alkanes of at least 4 members (excludes halogenated alkanes) is 15. The molecule has 0 bridgehead atoms. The van der Waals surface area contributed by atoms with E-state index in [2.05, 4.69) is 11.8 Å². The van der Waals surface area contributed by atoms with Gasteiger partial charge < -0.3 is 19.8 Å². The summed E-state index contributed by atoms with van der Waals surface area (Å²) in [6.07, 6.45) is 22.4. The Labute approximate surface area is 199 Å². The molecule has 0 saturated carbocycles. The molecule has 1 fully saturated rings. The van der Waals surface area contributed by atoms with E-state index in [0.29, 0.717) is 19.1 Å². The summed E-state index contributed by atoms with van der Waals surface area (Å²) >= 11 is 0. The summed E-state index contributed by atoms with van der Waals surface area (Å²) in [7, 11) is 0. The van der Waals surface area contributed by atoms with Crippen molar-refractivity contribution in [2.45, 2.75) is 116 Å². The highest BCUT2D eigenvalue weighted by molar-refractivity contribution is 4.79. The first kappa shape index (κ1) is 29.8. The minimum atomic E-state index is 0.145. The van der Waals surface area contributed by atoms with Crippen LogP contribution in [-0.4, -0.2) is 89.8 Å². The van der Waals surface area contributed by atoms with Crippen molar-refractivity contribution in [3.8, 4) is 0 Å². The van der Waals surface area contributed by atoms with E-state index in [0.717, 1.165) is 24.1 Å². The van der Waals surface area contributed by atoms with Crippen molar-refractivity contribution in [2.75, 3.05) is 59.1 Å². The Morgan fingerprint density at radius 2 is 1.03 bits per heavy atom. The summed E-state index contributed by atoms with van der Waals surface area (Å²) in [5.74, 6) is 0. The number of aliphatic hydroxyl groups is 3. The summed E-state index contributed by atoms with van der Waals surface area (Å²) in [6.45, 7) is 8.21. The van der Waals surface area contributed by atoms with E-state index in [9.17, 15) is 15.3 Å². The van der Waals surface area contributed by atoms with Gasteiger partial charge in [-0.3, -0.25) is 4.90 Å². The number of aliphatic hydroxyl groups excluding tert-OH is 3. The molecule has 5 nitrogen and oxygen atoms in total. The van der Waals surface area contributed by atoms with Crippen molar-refractivity contribution in [3.63, 3.8) is 0 Å². The lowest BCUT2D eigenvalue weighted by Gasteiger charge is -2.24. The second kappa shape index (κ2) is 20.2. The van der Waals surface area contributed by atoms with E-state index in [-0.39, 0.29) is 19.8 Å². The average Bonchev–Trinajstić information content (AvgIpc) is 3.45. The number of hydrogen-bond acceptors (Lipinski definition) is 4. The molecule has 1 rings (SSSR count). The Balaban J connectivity index is 1.96. The molecule has 3 N–H and O–H groups in total. The minimum Gasteiger partial charge on any atom is -0.395 e. The molecule has 192 valence electrons. The van der Waals surface area contributed by atoms with E-state index in [1.807, 2.05) is 0 Å². The largest absolute Gasteiger partial charge is 0.395 e. The van der Waals surface area contributed by atoms with Crippen molar-refractivity contribution in [2.24, 2.45) is 0 Å². The molecule has 1 aliphatic heterocycles. The molecule has 2 unspecified atom stereocenters. The van der Waals surface area contributed by atoms with Crippen molar-refractivity contribution in [3.05, 3.63) is 0 Å². The summed E-state index contributed by atoms with van der Waals surface area (Å²) in [6, 6.07) is 0.566. The maximum Gasteiger partial charge on any atom is 0.152 e. The highest BCUT2D eigenvalue weighted by Crippen LogP contribution is 2.32. The fraction of sp³-hybridized carbons (Fsp3) is 1.00. The quantitative estimate of drug-likeness (QED) is 0.105. The Morgan fingerprint density at radius 1 is 0.594 bits per heavy atom. The first-order valence-electron chi connectivity index (χ1n) is 14.1. The Morgan fingerprint density at radius 3 is 1.44 bits per heavy atom. The highest BCUT2D eigenvalue weighted by Gasteiger charge is 2.53. The smallest absolute Gasteiger partial charge is 0.152 e. The lowest BCUT2D eigenvalue weighted by Crippen LogP contribution is -2.40. The molecule has 0 spiro atoms. The molecule has 2 atom stereocenters. The molecule has 0 radical (unpaired) electrons. The number of nitrogens with zero attached hydrogens (tertiary/aromatic N) is 2. The van der Waals surface area contributed by atoms with Crippen LogP contribution in [0.1, 0.15) is 110 Å². The normalized spacial score (nSPS) is 20.3. The number of rotatable bonds is 25. The maximum atomic E-state index is 9.53. The van der Waals surface area contributed by atoms with Gasteiger partial charge in [0, 0.05) is 13.1 Å². The van der Waals surface area contributed by atoms with Crippen LogP contribution >= 0.6 is 0 Å². The van der Waals surface area contributed by atoms with Crippen LogP contribution < -0.4 is 0 Å². The van der Waals surface area contributed by atoms with Gasteiger partial charge in [0.2, 0.25) is 0 Å². The van der Waals surface area contributed by atoms with Crippen LogP contribution in [0.5, 0.6) is 0 Å². The topological polar surface area (TPSA) is 63.9 Å². The molecule has 0 aliphatic carbocycles. The van der Waals surface area contributed by atoms with Crippen molar-refractivity contribution in [1.29, 1.82) is 0 Å².